The third kappa shape index (κ3) is 1.93. The molecule has 2 aromatic rings. The Balaban J connectivity index is 2.41. The Kier molecular flexibility index (Phi) is 2.67. The molecule has 1 heterocycles. The van der Waals surface area contributed by atoms with Crippen LogP contribution in [0.25, 0.3) is 11.4 Å². The number of hydrogen-bond acceptors (Lipinski definition) is 5. The van der Waals surface area contributed by atoms with Crippen LogP contribution in [0, 0.1) is 0 Å². The smallest absolute Gasteiger partial charge is 0.204 e. The van der Waals surface area contributed by atoms with E-state index in [4.69, 9.17) is 10.7 Å². The van der Waals surface area contributed by atoms with Crippen molar-refractivity contribution in [1.82, 2.24) is 20.6 Å². The van der Waals surface area contributed by atoms with E-state index in [1.165, 1.54) is 0 Å². The zero-order chi connectivity index (χ0) is 11.6. The van der Waals surface area contributed by atoms with Gasteiger partial charge in [-0.15, -0.1) is 10.2 Å². The maximum absolute atomic E-state index is 5.26. The zero-order valence-corrected chi connectivity index (χ0v) is 9.14. The van der Waals surface area contributed by atoms with Crippen LogP contribution < -0.4 is 5.90 Å². The lowest BCUT2D eigenvalue weighted by atomic mass is 9.96. The predicted molar refractivity (Wildman–Crippen MR) is 57.9 cm³/mol. The number of rotatable bonds is 3. The SMILES string of the molecule is CC(C)(ON)c1cccc(-c2nn[nH]n2)c1. The Bertz CT molecular complexity index is 466. The quantitative estimate of drug-likeness (QED) is 0.751. The van der Waals surface area contributed by atoms with Gasteiger partial charge < -0.3 is 0 Å². The van der Waals surface area contributed by atoms with Gasteiger partial charge in [-0.05, 0) is 30.7 Å². The molecule has 6 nitrogen and oxygen atoms in total. The summed E-state index contributed by atoms with van der Waals surface area (Å²) >= 11 is 0. The molecule has 16 heavy (non-hydrogen) atoms. The number of aromatic nitrogens is 4. The van der Waals surface area contributed by atoms with E-state index >= 15 is 0 Å². The van der Waals surface area contributed by atoms with Crippen LogP contribution in [-0.2, 0) is 10.4 Å². The van der Waals surface area contributed by atoms with Crippen molar-refractivity contribution < 1.29 is 4.84 Å². The summed E-state index contributed by atoms with van der Waals surface area (Å²) in [5, 5.41) is 13.8. The number of benzene rings is 1. The first kappa shape index (κ1) is 10.7. The molecule has 0 bridgehead atoms. The second kappa shape index (κ2) is 3.99. The average molecular weight is 219 g/mol. The normalized spacial score (nSPS) is 11.7. The van der Waals surface area contributed by atoms with Crippen LogP contribution in [0.15, 0.2) is 24.3 Å². The van der Waals surface area contributed by atoms with E-state index in [-0.39, 0.29) is 0 Å². The van der Waals surface area contributed by atoms with Crippen molar-refractivity contribution in [2.75, 3.05) is 0 Å². The van der Waals surface area contributed by atoms with Crippen molar-refractivity contribution in [1.29, 1.82) is 0 Å². The minimum Gasteiger partial charge on any atom is -0.294 e. The highest BCUT2D eigenvalue weighted by atomic mass is 16.6. The highest BCUT2D eigenvalue weighted by Crippen LogP contribution is 2.26. The minimum absolute atomic E-state index is 0.542. The molecule has 1 aromatic heterocycles. The molecule has 0 unspecified atom stereocenters. The maximum atomic E-state index is 5.26. The Hall–Kier alpha value is -1.79. The van der Waals surface area contributed by atoms with Gasteiger partial charge in [0, 0.05) is 5.56 Å². The van der Waals surface area contributed by atoms with Crippen molar-refractivity contribution >= 4 is 0 Å². The van der Waals surface area contributed by atoms with Gasteiger partial charge in [0.1, 0.15) is 5.60 Å². The number of nitrogens with two attached hydrogens (primary N) is 1. The molecule has 0 spiro atoms. The van der Waals surface area contributed by atoms with Gasteiger partial charge in [-0.3, -0.25) is 4.84 Å². The fraction of sp³-hybridized carbons (Fsp3) is 0.300. The molecule has 0 radical (unpaired) electrons. The predicted octanol–water partition coefficient (Wildman–Crippen LogP) is 0.992. The van der Waals surface area contributed by atoms with Crippen molar-refractivity contribution in [3.63, 3.8) is 0 Å². The lowest BCUT2D eigenvalue weighted by molar-refractivity contribution is -0.0235. The molecular formula is C10H13N5O. The number of nitrogens with one attached hydrogen (secondary N) is 1. The van der Waals surface area contributed by atoms with Crippen LogP contribution >= 0.6 is 0 Å². The third-order valence-corrected chi connectivity index (χ3v) is 2.46. The number of aromatic amines is 1. The molecular weight excluding hydrogens is 206 g/mol. The summed E-state index contributed by atoms with van der Waals surface area (Å²) in [6.07, 6.45) is 0. The first-order chi connectivity index (χ1) is 7.63. The van der Waals surface area contributed by atoms with Crippen LogP contribution in [0.2, 0.25) is 0 Å². The van der Waals surface area contributed by atoms with Gasteiger partial charge in [0.15, 0.2) is 0 Å². The molecule has 84 valence electrons. The third-order valence-electron chi connectivity index (χ3n) is 2.46. The van der Waals surface area contributed by atoms with E-state index in [2.05, 4.69) is 20.6 Å². The number of nitrogens with zero attached hydrogens (tertiary/aromatic N) is 3. The van der Waals surface area contributed by atoms with Crippen molar-refractivity contribution in [3.8, 4) is 11.4 Å². The van der Waals surface area contributed by atoms with Crippen LogP contribution in [0.3, 0.4) is 0 Å². The van der Waals surface area contributed by atoms with E-state index in [9.17, 15) is 0 Å². The fourth-order valence-electron chi connectivity index (χ4n) is 1.38. The second-order valence-electron chi connectivity index (χ2n) is 3.94. The van der Waals surface area contributed by atoms with Gasteiger partial charge >= 0.3 is 0 Å². The van der Waals surface area contributed by atoms with Crippen molar-refractivity contribution in [2.45, 2.75) is 19.4 Å². The topological polar surface area (TPSA) is 89.7 Å². The molecule has 0 aliphatic heterocycles. The average Bonchev–Trinajstić information content (AvgIpc) is 2.83. The maximum Gasteiger partial charge on any atom is 0.204 e. The molecule has 1 aromatic carbocycles. The van der Waals surface area contributed by atoms with Crippen molar-refractivity contribution in [2.24, 2.45) is 5.90 Å². The van der Waals surface area contributed by atoms with Gasteiger partial charge in [-0.25, -0.2) is 5.90 Å². The summed E-state index contributed by atoms with van der Waals surface area (Å²) in [5.74, 6) is 5.81. The Morgan fingerprint density at radius 2 is 2.19 bits per heavy atom. The summed E-state index contributed by atoms with van der Waals surface area (Å²) in [5.41, 5.74) is 1.29. The van der Waals surface area contributed by atoms with Gasteiger partial charge in [-0.2, -0.15) is 5.21 Å². The van der Waals surface area contributed by atoms with E-state index in [1.807, 2.05) is 38.1 Å². The van der Waals surface area contributed by atoms with E-state index < -0.39 is 5.60 Å². The first-order valence-electron chi connectivity index (χ1n) is 4.86. The minimum atomic E-state index is -0.542. The van der Waals surface area contributed by atoms with Crippen LogP contribution in [0.4, 0.5) is 0 Å². The monoisotopic (exact) mass is 219 g/mol. The zero-order valence-electron chi connectivity index (χ0n) is 9.14. The molecule has 6 heteroatoms. The largest absolute Gasteiger partial charge is 0.294 e. The molecule has 0 fully saturated rings. The van der Waals surface area contributed by atoms with Gasteiger partial charge in [-0.1, -0.05) is 18.2 Å². The number of hydrogen-bond donors (Lipinski definition) is 2. The highest BCUT2D eigenvalue weighted by molar-refractivity contribution is 5.55. The molecule has 0 saturated carbocycles. The first-order valence-corrected chi connectivity index (χ1v) is 4.86. The van der Waals surface area contributed by atoms with Crippen LogP contribution in [0.1, 0.15) is 19.4 Å². The summed E-state index contributed by atoms with van der Waals surface area (Å²) in [6, 6.07) is 7.68. The lowest BCUT2D eigenvalue weighted by Crippen LogP contribution is -2.25. The van der Waals surface area contributed by atoms with Gasteiger partial charge in [0.25, 0.3) is 0 Å². The molecule has 0 amide bonds. The van der Waals surface area contributed by atoms with Gasteiger partial charge in [0.2, 0.25) is 5.82 Å². The Morgan fingerprint density at radius 1 is 1.38 bits per heavy atom. The molecule has 0 aliphatic carbocycles. The van der Waals surface area contributed by atoms with Gasteiger partial charge in [0.05, 0.1) is 0 Å². The number of H-pyrrole nitrogens is 1. The molecule has 0 atom stereocenters. The van der Waals surface area contributed by atoms with Crippen LogP contribution in [-0.4, -0.2) is 20.6 Å². The molecule has 0 aliphatic rings. The van der Waals surface area contributed by atoms with Crippen LogP contribution in [0.5, 0.6) is 0 Å². The van der Waals surface area contributed by atoms with E-state index in [1.54, 1.807) is 0 Å². The highest BCUT2D eigenvalue weighted by Gasteiger charge is 2.21. The summed E-state index contributed by atoms with van der Waals surface area (Å²) < 4.78 is 0. The molecule has 2 rings (SSSR count). The number of tetrazole rings is 1. The summed E-state index contributed by atoms with van der Waals surface area (Å²) in [4.78, 5) is 4.93. The molecule has 3 N–H and O–H groups in total. The summed E-state index contributed by atoms with van der Waals surface area (Å²) in [6.45, 7) is 3.78. The Labute approximate surface area is 92.8 Å². The summed E-state index contributed by atoms with van der Waals surface area (Å²) in [7, 11) is 0. The standard InChI is InChI=1S/C10H13N5O/c1-10(2,16-11)8-5-3-4-7(6-8)9-12-14-15-13-9/h3-6H,11H2,1-2H3,(H,12,13,14,15). The Morgan fingerprint density at radius 3 is 2.81 bits per heavy atom. The molecule has 0 saturated heterocycles. The van der Waals surface area contributed by atoms with Crippen molar-refractivity contribution in [3.05, 3.63) is 29.8 Å². The van der Waals surface area contributed by atoms with E-state index in [0.717, 1.165) is 11.1 Å². The lowest BCUT2D eigenvalue weighted by Gasteiger charge is -2.22. The second-order valence-corrected chi connectivity index (χ2v) is 3.94. The van der Waals surface area contributed by atoms with E-state index in [0.29, 0.717) is 5.82 Å². The fourth-order valence-corrected chi connectivity index (χ4v) is 1.38.